The fraction of sp³-hybridized carbons (Fsp3) is 0.405. The Kier molecular flexibility index (Phi) is 10.6. The van der Waals surface area contributed by atoms with Crippen LogP contribution in [0.1, 0.15) is 56.2 Å². The van der Waals surface area contributed by atoms with Crippen LogP contribution in [0.2, 0.25) is 0 Å². The number of amides is 1. The second-order valence-corrected chi connectivity index (χ2v) is 16.6. The highest BCUT2D eigenvalue weighted by atomic mass is 32.2. The van der Waals surface area contributed by atoms with E-state index in [1.807, 2.05) is 67.6 Å². The lowest BCUT2D eigenvalue weighted by molar-refractivity contribution is 0.0289. The number of carbonyl (C=O) groups excluding carboxylic acids is 1. The van der Waals surface area contributed by atoms with Crippen LogP contribution >= 0.6 is 0 Å². The van der Waals surface area contributed by atoms with Crippen molar-refractivity contribution in [2.75, 3.05) is 37.6 Å². The molecule has 3 aromatic carbocycles. The predicted octanol–water partition coefficient (Wildman–Crippen LogP) is 7.18. The first-order valence-electron chi connectivity index (χ1n) is 18.5. The Balaban J connectivity index is 0.965. The van der Waals surface area contributed by atoms with Crippen LogP contribution in [0.25, 0.3) is 0 Å². The topological polar surface area (TPSA) is 116 Å². The molecule has 3 fully saturated rings. The number of alkyl carbamates (subject to hydrolysis) is 1. The first kappa shape index (κ1) is 35.7. The summed E-state index contributed by atoms with van der Waals surface area (Å²) in [6.07, 6.45) is 6.58. The van der Waals surface area contributed by atoms with Crippen LogP contribution in [0.3, 0.4) is 0 Å². The van der Waals surface area contributed by atoms with Gasteiger partial charge in [-0.1, -0.05) is 60.7 Å². The van der Waals surface area contributed by atoms with Gasteiger partial charge in [0.05, 0.1) is 27.3 Å². The van der Waals surface area contributed by atoms with E-state index >= 15 is 0 Å². The quantitative estimate of drug-likeness (QED) is 0.174. The Hall–Kier alpha value is -4.72. The average Bonchev–Trinajstić information content (AvgIpc) is 3.63. The first-order valence-corrected chi connectivity index (χ1v) is 20.0. The molecular weight excluding hydrogens is 671 g/mol. The molecule has 0 spiro atoms. The minimum absolute atomic E-state index is 0.0829. The van der Waals surface area contributed by atoms with Crippen molar-refractivity contribution in [3.63, 3.8) is 0 Å². The van der Waals surface area contributed by atoms with Gasteiger partial charge in [-0.2, -0.15) is 5.26 Å². The number of nitrogens with zero attached hydrogens (tertiary/aromatic N) is 4. The zero-order chi connectivity index (χ0) is 36.1. The van der Waals surface area contributed by atoms with Gasteiger partial charge in [0, 0.05) is 49.6 Å². The molecule has 3 heterocycles. The van der Waals surface area contributed by atoms with Crippen LogP contribution in [0.4, 0.5) is 10.5 Å². The SMILES string of the molecule is C[C@H](NC(=O)O[C@H]1CCC[C@@H]1[C@](C#N)(c1ccccc1)C1CCN(CC2CN(c3ccc(S(=O)(=O)c4ccncc4)cc3)C2)CC1)c1ccccc1. The van der Waals surface area contributed by atoms with Crippen LogP contribution < -0.4 is 10.2 Å². The Morgan fingerprint density at radius 2 is 1.54 bits per heavy atom. The average molecular weight is 718 g/mol. The second-order valence-electron chi connectivity index (χ2n) is 14.6. The predicted molar refractivity (Wildman–Crippen MR) is 200 cm³/mol. The zero-order valence-corrected chi connectivity index (χ0v) is 30.5. The van der Waals surface area contributed by atoms with Crippen molar-refractivity contribution in [2.24, 2.45) is 17.8 Å². The van der Waals surface area contributed by atoms with E-state index in [-0.39, 0.29) is 33.8 Å². The van der Waals surface area contributed by atoms with Crippen LogP contribution in [0.15, 0.2) is 119 Å². The Bertz CT molecular complexity index is 1940. The molecule has 52 heavy (non-hydrogen) atoms. The highest BCUT2D eigenvalue weighted by Crippen LogP contribution is 2.51. The van der Waals surface area contributed by atoms with Crippen molar-refractivity contribution >= 4 is 21.6 Å². The summed E-state index contributed by atoms with van der Waals surface area (Å²) in [6, 6.07) is 33.0. The Labute approximate surface area is 307 Å². The van der Waals surface area contributed by atoms with Gasteiger partial charge in [0.2, 0.25) is 9.84 Å². The van der Waals surface area contributed by atoms with E-state index in [4.69, 9.17) is 4.74 Å². The summed E-state index contributed by atoms with van der Waals surface area (Å²) in [5.74, 6) is 0.591. The number of benzene rings is 3. The molecule has 1 aromatic heterocycles. The zero-order valence-electron chi connectivity index (χ0n) is 29.7. The molecule has 0 radical (unpaired) electrons. The van der Waals surface area contributed by atoms with E-state index in [9.17, 15) is 18.5 Å². The van der Waals surface area contributed by atoms with Crippen molar-refractivity contribution in [3.8, 4) is 6.07 Å². The number of rotatable bonds is 11. The van der Waals surface area contributed by atoms with Crippen LogP contribution in [-0.2, 0) is 20.0 Å². The maximum absolute atomic E-state index is 13.2. The third kappa shape index (κ3) is 7.30. The third-order valence-corrected chi connectivity index (χ3v) is 13.3. The molecule has 0 unspecified atom stereocenters. The largest absolute Gasteiger partial charge is 0.446 e. The molecule has 2 aliphatic heterocycles. The summed E-state index contributed by atoms with van der Waals surface area (Å²) in [6.45, 7) is 6.65. The first-order chi connectivity index (χ1) is 25.3. The minimum atomic E-state index is -3.57. The van der Waals surface area contributed by atoms with Gasteiger partial charge in [0.1, 0.15) is 6.10 Å². The molecule has 4 aromatic rings. The van der Waals surface area contributed by atoms with E-state index in [0.29, 0.717) is 5.92 Å². The van der Waals surface area contributed by atoms with Gasteiger partial charge in [-0.25, -0.2) is 13.2 Å². The van der Waals surface area contributed by atoms with Crippen molar-refractivity contribution in [1.29, 1.82) is 5.26 Å². The Morgan fingerprint density at radius 1 is 0.904 bits per heavy atom. The van der Waals surface area contributed by atoms with Crippen molar-refractivity contribution in [1.82, 2.24) is 15.2 Å². The molecule has 2 saturated heterocycles. The number of likely N-dealkylation sites (tertiary alicyclic amines) is 1. The van der Waals surface area contributed by atoms with Gasteiger partial charge in [-0.3, -0.25) is 4.98 Å². The number of hydrogen-bond acceptors (Lipinski definition) is 8. The lowest BCUT2D eigenvalue weighted by atomic mass is 9.59. The summed E-state index contributed by atoms with van der Waals surface area (Å²) in [4.78, 5) is 22.5. The second kappa shape index (κ2) is 15.5. The van der Waals surface area contributed by atoms with Crippen LogP contribution in [0.5, 0.6) is 0 Å². The summed E-state index contributed by atoms with van der Waals surface area (Å²) in [5.41, 5.74) is 2.33. The maximum Gasteiger partial charge on any atom is 0.407 e. The molecule has 1 saturated carbocycles. The highest BCUT2D eigenvalue weighted by Gasteiger charge is 2.53. The van der Waals surface area contributed by atoms with E-state index in [2.05, 4.69) is 38.3 Å². The van der Waals surface area contributed by atoms with Gasteiger partial charge in [0.15, 0.2) is 0 Å². The van der Waals surface area contributed by atoms with Crippen LogP contribution in [-0.4, -0.2) is 63.2 Å². The van der Waals surface area contributed by atoms with Gasteiger partial charge in [-0.15, -0.1) is 0 Å². The Morgan fingerprint density at radius 3 is 2.19 bits per heavy atom. The lowest BCUT2D eigenvalue weighted by Gasteiger charge is -2.48. The number of pyridine rings is 1. The standard InChI is InChI=1S/C42H47N5O4S/c1-31(33-9-4-2-5-10-33)45-41(48)51-40-14-8-13-39(40)42(30-43,34-11-6-3-7-12-34)35-21-25-46(26-22-35)27-32-28-47(29-32)36-15-17-37(18-16-36)52(49,50)38-19-23-44-24-20-38/h2-7,9-12,15-20,23-24,31-32,35,39-40H,8,13-14,21-22,25-29H2,1H3,(H,45,48)/t31-,39-,40-,42+/m0/s1. The molecule has 1 aliphatic carbocycles. The van der Waals surface area contributed by atoms with Crippen molar-refractivity contribution < 1.29 is 17.9 Å². The number of nitrogens with one attached hydrogen (secondary N) is 1. The monoisotopic (exact) mass is 717 g/mol. The molecule has 4 atom stereocenters. The fourth-order valence-electron chi connectivity index (χ4n) is 8.79. The van der Waals surface area contributed by atoms with Crippen molar-refractivity contribution in [3.05, 3.63) is 121 Å². The number of piperidine rings is 1. The molecule has 1 N–H and O–H groups in total. The van der Waals surface area contributed by atoms with E-state index in [1.54, 1.807) is 12.1 Å². The summed E-state index contributed by atoms with van der Waals surface area (Å²) in [5, 5.41) is 14.2. The molecular formula is C42H47N5O4S. The maximum atomic E-state index is 13.2. The number of aromatic nitrogens is 1. The van der Waals surface area contributed by atoms with E-state index in [0.717, 1.165) is 81.6 Å². The van der Waals surface area contributed by atoms with Crippen molar-refractivity contribution in [2.45, 2.75) is 66.4 Å². The summed E-state index contributed by atoms with van der Waals surface area (Å²) < 4.78 is 32.1. The van der Waals surface area contributed by atoms with Gasteiger partial charge < -0.3 is 19.9 Å². The normalized spacial score (nSPS) is 21.7. The molecule has 9 nitrogen and oxygen atoms in total. The third-order valence-electron chi connectivity index (χ3n) is 11.5. The fourth-order valence-corrected chi connectivity index (χ4v) is 10.0. The number of hydrogen-bond donors (Lipinski definition) is 1. The van der Waals surface area contributed by atoms with Gasteiger partial charge in [0.25, 0.3) is 0 Å². The molecule has 3 aliphatic rings. The molecule has 10 heteroatoms. The van der Waals surface area contributed by atoms with Gasteiger partial charge >= 0.3 is 6.09 Å². The van der Waals surface area contributed by atoms with E-state index < -0.39 is 21.3 Å². The number of sulfone groups is 1. The lowest BCUT2D eigenvalue weighted by Crippen LogP contribution is -2.54. The minimum Gasteiger partial charge on any atom is -0.446 e. The summed E-state index contributed by atoms with van der Waals surface area (Å²) in [7, 11) is -3.57. The number of anilines is 1. The molecule has 1 amide bonds. The molecule has 0 bridgehead atoms. The highest BCUT2D eigenvalue weighted by molar-refractivity contribution is 7.91. The number of nitriles is 1. The number of carbonyl (C=O) groups is 1. The van der Waals surface area contributed by atoms with Crippen LogP contribution in [0, 0.1) is 29.1 Å². The summed E-state index contributed by atoms with van der Waals surface area (Å²) >= 11 is 0. The molecule has 270 valence electrons. The van der Waals surface area contributed by atoms with Gasteiger partial charge in [-0.05, 0) is 106 Å². The smallest absolute Gasteiger partial charge is 0.407 e. The number of ether oxygens (including phenoxy) is 1. The molecule has 7 rings (SSSR count). The van der Waals surface area contributed by atoms with E-state index in [1.165, 1.54) is 24.5 Å².